The number of benzene rings is 2. The molecule has 0 radical (unpaired) electrons. The first-order valence-electron chi connectivity index (χ1n) is 7.72. The summed E-state index contributed by atoms with van der Waals surface area (Å²) in [5.41, 5.74) is 1.37. The van der Waals surface area contributed by atoms with Crippen LogP contribution in [0, 0.1) is 27.2 Å². The first kappa shape index (κ1) is 19.4. The highest BCUT2D eigenvalue weighted by Crippen LogP contribution is 2.30. The van der Waals surface area contributed by atoms with E-state index in [0.29, 0.717) is 16.8 Å². The zero-order chi connectivity index (χ0) is 20.4. The van der Waals surface area contributed by atoms with Crippen molar-refractivity contribution in [2.24, 2.45) is 0 Å². The van der Waals surface area contributed by atoms with E-state index in [4.69, 9.17) is 11.6 Å². The van der Waals surface area contributed by atoms with Gasteiger partial charge in [-0.2, -0.15) is 0 Å². The summed E-state index contributed by atoms with van der Waals surface area (Å²) >= 11 is 7.09. The Labute approximate surface area is 166 Å². The fraction of sp³-hybridized carbons (Fsp3) is 0.0588. The highest BCUT2D eigenvalue weighted by molar-refractivity contribution is 7.14. The zero-order valence-corrected chi connectivity index (χ0v) is 15.8. The molecule has 1 N–H and O–H groups in total. The number of nitro benzene ring substituents is 2. The summed E-state index contributed by atoms with van der Waals surface area (Å²) < 4.78 is 0. The summed E-state index contributed by atoms with van der Waals surface area (Å²) in [5.74, 6) is -0.573. The molecule has 0 saturated carbocycles. The van der Waals surface area contributed by atoms with Crippen LogP contribution in [0.2, 0.25) is 5.02 Å². The number of nitrogens with zero attached hydrogens (tertiary/aromatic N) is 3. The van der Waals surface area contributed by atoms with E-state index in [1.165, 1.54) is 18.2 Å². The third-order valence-electron chi connectivity index (χ3n) is 3.83. The Hall–Kier alpha value is -3.37. The summed E-state index contributed by atoms with van der Waals surface area (Å²) in [7, 11) is 0. The number of nitro groups is 2. The molecule has 0 aliphatic rings. The first-order chi connectivity index (χ1) is 13.3. The van der Waals surface area contributed by atoms with Crippen LogP contribution in [0.3, 0.4) is 0 Å². The number of carbonyl (C=O) groups excluding carboxylic acids is 1. The number of hydrogen-bond donors (Lipinski definition) is 1. The SMILES string of the molecule is Cc1ccc(-c2csc(NC(=O)c3ccc([N+](=O)[O-])cc3Cl)n2)cc1[N+](=O)[O-]. The molecule has 28 heavy (non-hydrogen) atoms. The molecule has 0 saturated heterocycles. The predicted molar refractivity (Wildman–Crippen MR) is 105 cm³/mol. The average Bonchev–Trinajstić information content (AvgIpc) is 3.09. The zero-order valence-electron chi connectivity index (χ0n) is 14.2. The van der Waals surface area contributed by atoms with Crippen molar-refractivity contribution in [1.29, 1.82) is 0 Å². The molecule has 0 spiro atoms. The van der Waals surface area contributed by atoms with E-state index >= 15 is 0 Å². The van der Waals surface area contributed by atoms with Gasteiger partial charge < -0.3 is 0 Å². The van der Waals surface area contributed by atoms with Gasteiger partial charge in [-0.3, -0.25) is 30.3 Å². The van der Waals surface area contributed by atoms with Gasteiger partial charge in [0.2, 0.25) is 0 Å². The van der Waals surface area contributed by atoms with Crippen molar-refractivity contribution in [3.05, 3.63) is 78.2 Å². The third-order valence-corrected chi connectivity index (χ3v) is 4.90. The largest absolute Gasteiger partial charge is 0.298 e. The van der Waals surface area contributed by atoms with E-state index in [0.717, 1.165) is 17.4 Å². The van der Waals surface area contributed by atoms with Gasteiger partial charge in [0.05, 0.1) is 26.1 Å². The molecule has 3 rings (SSSR count). The number of anilines is 1. The van der Waals surface area contributed by atoms with Crippen molar-refractivity contribution in [1.82, 2.24) is 4.98 Å². The lowest BCUT2D eigenvalue weighted by Gasteiger charge is -2.04. The number of amides is 1. The van der Waals surface area contributed by atoms with Gasteiger partial charge in [0.15, 0.2) is 5.13 Å². The van der Waals surface area contributed by atoms with Crippen molar-refractivity contribution < 1.29 is 14.6 Å². The Morgan fingerprint density at radius 3 is 2.54 bits per heavy atom. The van der Waals surface area contributed by atoms with Crippen LogP contribution in [0.1, 0.15) is 15.9 Å². The van der Waals surface area contributed by atoms with Gasteiger partial charge in [0.25, 0.3) is 17.3 Å². The van der Waals surface area contributed by atoms with Gasteiger partial charge in [-0.05, 0) is 13.0 Å². The molecule has 0 bridgehead atoms. The Morgan fingerprint density at radius 2 is 1.89 bits per heavy atom. The second-order valence-corrected chi connectivity index (χ2v) is 6.94. The number of carbonyl (C=O) groups is 1. The van der Waals surface area contributed by atoms with Crippen LogP contribution in [-0.4, -0.2) is 20.7 Å². The Bertz CT molecular complexity index is 1110. The predicted octanol–water partition coefficient (Wildman–Crippen LogP) is 4.84. The molecule has 142 valence electrons. The topological polar surface area (TPSA) is 128 Å². The highest BCUT2D eigenvalue weighted by Gasteiger charge is 2.17. The van der Waals surface area contributed by atoms with E-state index in [9.17, 15) is 25.0 Å². The van der Waals surface area contributed by atoms with E-state index in [-0.39, 0.29) is 27.1 Å². The smallest absolute Gasteiger partial charge is 0.272 e. The number of non-ortho nitro benzene ring substituents is 1. The minimum Gasteiger partial charge on any atom is -0.298 e. The van der Waals surface area contributed by atoms with Crippen LogP contribution >= 0.6 is 22.9 Å². The summed E-state index contributed by atoms with van der Waals surface area (Å²) in [6.07, 6.45) is 0. The lowest BCUT2D eigenvalue weighted by Crippen LogP contribution is -2.12. The van der Waals surface area contributed by atoms with Gasteiger partial charge in [0.1, 0.15) is 0 Å². The molecule has 9 nitrogen and oxygen atoms in total. The molecule has 1 heterocycles. The Balaban J connectivity index is 1.82. The number of aryl methyl sites for hydroxylation is 1. The average molecular weight is 419 g/mol. The maximum absolute atomic E-state index is 12.4. The summed E-state index contributed by atoms with van der Waals surface area (Å²) in [5, 5.41) is 26.3. The van der Waals surface area contributed by atoms with E-state index in [2.05, 4.69) is 10.3 Å². The van der Waals surface area contributed by atoms with E-state index < -0.39 is 15.8 Å². The summed E-state index contributed by atoms with van der Waals surface area (Å²) in [6, 6.07) is 8.28. The van der Waals surface area contributed by atoms with E-state index in [1.54, 1.807) is 24.4 Å². The van der Waals surface area contributed by atoms with Gasteiger partial charge in [-0.15, -0.1) is 11.3 Å². The molecule has 11 heteroatoms. The molecule has 0 atom stereocenters. The Kier molecular flexibility index (Phi) is 5.34. The summed E-state index contributed by atoms with van der Waals surface area (Å²) in [6.45, 7) is 1.64. The van der Waals surface area contributed by atoms with Crippen LogP contribution < -0.4 is 5.32 Å². The second-order valence-electron chi connectivity index (χ2n) is 5.67. The molecular formula is C17H11ClN4O5S. The lowest BCUT2D eigenvalue weighted by molar-refractivity contribution is -0.385. The minimum absolute atomic E-state index is 0.0197. The minimum atomic E-state index is -0.610. The maximum atomic E-state index is 12.4. The molecule has 2 aromatic carbocycles. The van der Waals surface area contributed by atoms with Gasteiger partial charge in [0, 0.05) is 34.7 Å². The molecule has 0 aliphatic heterocycles. The number of rotatable bonds is 5. The summed E-state index contributed by atoms with van der Waals surface area (Å²) in [4.78, 5) is 37.4. The molecular weight excluding hydrogens is 408 g/mol. The molecule has 0 fully saturated rings. The van der Waals surface area contributed by atoms with Crippen molar-refractivity contribution in [3.8, 4) is 11.3 Å². The number of aromatic nitrogens is 1. The van der Waals surface area contributed by atoms with Crippen LogP contribution in [0.5, 0.6) is 0 Å². The molecule has 0 aliphatic carbocycles. The number of thiazole rings is 1. The fourth-order valence-corrected chi connectivity index (χ4v) is 3.37. The van der Waals surface area contributed by atoms with Crippen molar-refractivity contribution in [2.75, 3.05) is 5.32 Å². The molecule has 1 aromatic heterocycles. The highest BCUT2D eigenvalue weighted by atomic mass is 35.5. The maximum Gasteiger partial charge on any atom is 0.272 e. The Morgan fingerprint density at radius 1 is 1.14 bits per heavy atom. The van der Waals surface area contributed by atoms with Crippen molar-refractivity contribution >= 4 is 45.4 Å². The monoisotopic (exact) mass is 418 g/mol. The van der Waals surface area contributed by atoms with Crippen molar-refractivity contribution in [2.45, 2.75) is 6.92 Å². The van der Waals surface area contributed by atoms with Gasteiger partial charge in [-0.25, -0.2) is 4.98 Å². The molecule has 3 aromatic rings. The fourth-order valence-electron chi connectivity index (χ4n) is 2.40. The van der Waals surface area contributed by atoms with Gasteiger partial charge in [-0.1, -0.05) is 23.7 Å². The van der Waals surface area contributed by atoms with Crippen molar-refractivity contribution in [3.63, 3.8) is 0 Å². The first-order valence-corrected chi connectivity index (χ1v) is 8.98. The quantitative estimate of drug-likeness (QED) is 0.466. The van der Waals surface area contributed by atoms with Crippen LogP contribution in [0.4, 0.5) is 16.5 Å². The normalized spacial score (nSPS) is 10.5. The lowest BCUT2D eigenvalue weighted by atomic mass is 10.1. The molecule has 1 amide bonds. The van der Waals surface area contributed by atoms with Gasteiger partial charge >= 0.3 is 0 Å². The number of nitrogens with one attached hydrogen (secondary N) is 1. The number of hydrogen-bond acceptors (Lipinski definition) is 7. The number of halogens is 1. The third kappa shape index (κ3) is 3.97. The van der Waals surface area contributed by atoms with Crippen LogP contribution in [-0.2, 0) is 0 Å². The van der Waals surface area contributed by atoms with Crippen LogP contribution in [0.15, 0.2) is 41.8 Å². The second kappa shape index (κ2) is 7.71. The van der Waals surface area contributed by atoms with Crippen LogP contribution in [0.25, 0.3) is 11.3 Å². The molecule has 0 unspecified atom stereocenters. The van der Waals surface area contributed by atoms with E-state index in [1.807, 2.05) is 0 Å². The standard InChI is InChI=1S/C17H11ClN4O5S/c1-9-2-3-10(6-15(9)22(26)27)14-8-28-17(19-14)20-16(23)12-5-4-11(21(24)25)7-13(12)18/h2-8H,1H3,(H,19,20,23).